The number of anilines is 5. The molecule has 8 aromatic rings. The average Bonchev–Trinajstić information content (AvgIpc) is 0.781. The number of aromatic nitrogens is 11. The van der Waals surface area contributed by atoms with E-state index in [-0.39, 0.29) is 185 Å². The molecule has 9 heterocycles. The second-order valence-corrected chi connectivity index (χ2v) is 28.3. The van der Waals surface area contributed by atoms with Crippen molar-refractivity contribution >= 4 is 144 Å². The topological polar surface area (TPSA) is 609 Å². The van der Waals surface area contributed by atoms with Crippen LogP contribution in [0.15, 0.2) is 31.0 Å². The van der Waals surface area contributed by atoms with Gasteiger partial charge in [-0.3, -0.25) is 63.3 Å². The number of carbonyl (C=O) groups excluding carboxylic acids is 10. The predicted molar refractivity (Wildman–Crippen MR) is 503 cm³/mol. The summed E-state index contributed by atoms with van der Waals surface area (Å²) < 4.78 is 70.2. The first-order chi connectivity index (χ1) is 62.8. The number of nitrogens with two attached hydrogens (primary N) is 4. The van der Waals surface area contributed by atoms with Gasteiger partial charge < -0.3 is 103 Å². The van der Waals surface area contributed by atoms with Crippen LogP contribution in [0.1, 0.15) is 162 Å². The number of fused-ring (bicyclic) bond motifs is 1. The summed E-state index contributed by atoms with van der Waals surface area (Å²) in [6.07, 6.45) is 9.24. The van der Waals surface area contributed by atoms with E-state index in [1.54, 1.807) is 85.3 Å². The minimum absolute atomic E-state index is 0. The number of aliphatic hydroxyl groups is 1. The molecule has 0 amide bonds. The summed E-state index contributed by atoms with van der Waals surface area (Å²) in [5, 5.41) is 12.2. The van der Waals surface area contributed by atoms with E-state index in [0.717, 1.165) is 110 Å². The maximum absolute atomic E-state index is 12.1. The fraction of sp³-hybridized carbons (Fsp3) is 0.453. The van der Waals surface area contributed by atoms with Gasteiger partial charge in [0.1, 0.15) is 73.2 Å². The number of hydrogen-bond donors (Lipinski definition) is 6. The van der Waals surface area contributed by atoms with Crippen LogP contribution in [0.2, 0.25) is 20.6 Å². The molecule has 0 aliphatic carbocycles. The number of nitrogen functional groups attached to an aromatic ring is 3. The molecule has 0 saturated heterocycles. The number of nitrogens with one attached hydrogen (secondary N) is 1. The van der Waals surface area contributed by atoms with Crippen molar-refractivity contribution < 1.29 is 167 Å². The molecular weight excluding hydrogens is 1930 g/mol. The van der Waals surface area contributed by atoms with Crippen molar-refractivity contribution in [3.63, 3.8) is 0 Å². The van der Waals surface area contributed by atoms with Gasteiger partial charge >= 0.3 is 93.8 Å². The van der Waals surface area contributed by atoms with E-state index in [9.17, 15) is 47.9 Å². The SMILES string of the molecule is C.C.C.CC(=O)OOC(C)=O.CCOC(=O)Cc1c(Cl)nc(N)nc1Cl.CCOC(=O)Cc1c(Cl)nc(N)nc1N(CC(=O)OC)Cc1ncc(C)c(OC)c1C.COC(=O)CN.COC(=O)CNCc1ncc(C)c(OC)c1C.COc1c(C)cnc(C=O)c1C.COc1c(C)cnc(CN2CC(=O)Cc3c(Cl)nc(N)nc32)c1C.COc1c(C)cnc(CO)c1C.[B-]OC(C)=O.[Na+].[O]=[Mn]=[O]. The molecule has 1 aliphatic heterocycles. The van der Waals surface area contributed by atoms with Crippen molar-refractivity contribution in [1.82, 2.24) is 60.1 Å². The Balaban J connectivity index is -0.000000496. The third kappa shape index (κ3) is 47.3. The standard InChI is InChI=1S/C20H26ClN5O5.C16H18ClN5O2.C12H18N2O3.C9H13NO2.C9H11NO2.C8H9Cl2N3O2.C4H6O4.C3H7NO2.C2H3BO2.3CH4.Mn.Na.2O/c1-6-31-15(27)7-13-18(21)24-20(22)25-19(13)26(10-16(28)29-4)9-14-12(3)17(30-5)11(2)8-23-14;1-8-5-19-12(9(2)13(8)24-3)7-22-6-10(23)4-11-14(17)20-16(18)21-15(11)22;1-8-5-14-10(9(2)12(8)17-4)6-13-7-11(15)16-3;2*1-6-4-10-8(5-11)7(2)9(6)12-3;1-2-15-5(14)3-4-6(9)12-8(11)13-7(4)10;1-3(5)7-8-4(2)6;1-6-3(5)2-4;1-2(4)5-3;;;;;;;/h8H,6-7,9-10H2,1-5H3,(H2,22,24,25);5H,4,6-7H2,1-3H3,(H2,18,20,21);5,13H,6-7H2,1-4H3;4,11H,5H2,1-3H3;4-5H,1-3H3;2-3H2,1H3,(H2,11,12,13);1-2H3;2,4H2,1H3;1H3;3*1H4;;;;/q;;;;;;;;-1;;;;;+1;;. The Labute approximate surface area is 846 Å². The number of ether oxygens (including phenoxy) is 10. The van der Waals surface area contributed by atoms with Crippen LogP contribution >= 0.6 is 46.4 Å². The van der Waals surface area contributed by atoms with E-state index in [0.29, 0.717) is 59.5 Å². The van der Waals surface area contributed by atoms with Gasteiger partial charge in [-0.1, -0.05) is 68.7 Å². The molecule has 3 radical (unpaired) electrons. The van der Waals surface area contributed by atoms with Crippen LogP contribution in [0.5, 0.6) is 28.7 Å². The Bertz CT molecular complexity index is 5250. The van der Waals surface area contributed by atoms with Crippen molar-refractivity contribution in [2.45, 2.75) is 172 Å². The molecular formula is C86H123BCl4MnN18NaO26. The first kappa shape index (κ1) is 134. The van der Waals surface area contributed by atoms with Crippen molar-refractivity contribution in [2.75, 3.05) is 123 Å². The van der Waals surface area contributed by atoms with Crippen LogP contribution in [0.3, 0.4) is 0 Å². The van der Waals surface area contributed by atoms with E-state index in [2.05, 4.69) is 92.1 Å². The molecule has 752 valence electrons. The zero-order chi connectivity index (χ0) is 102. The van der Waals surface area contributed by atoms with Gasteiger partial charge in [0, 0.05) is 137 Å². The van der Waals surface area contributed by atoms with E-state index < -0.39 is 50.6 Å². The molecule has 9 rings (SSSR count). The van der Waals surface area contributed by atoms with Gasteiger partial charge in [0.15, 0.2) is 12.1 Å². The van der Waals surface area contributed by atoms with Crippen LogP contribution in [0, 0.1) is 69.2 Å². The number of rotatable bonds is 25. The molecule has 137 heavy (non-hydrogen) atoms. The summed E-state index contributed by atoms with van der Waals surface area (Å²) in [4.78, 5) is 164. The monoisotopic (exact) mass is 2050 g/mol. The molecule has 0 spiro atoms. The minimum atomic E-state index is -1.44. The molecule has 1 aliphatic rings. The number of carbonyl (C=O) groups is 10. The Morgan fingerprint density at radius 3 is 1.26 bits per heavy atom. The second kappa shape index (κ2) is 71.8. The third-order valence-electron chi connectivity index (χ3n) is 17.2. The van der Waals surface area contributed by atoms with Crippen molar-refractivity contribution in [1.29, 1.82) is 0 Å². The maximum atomic E-state index is 12.1. The summed E-state index contributed by atoms with van der Waals surface area (Å²) in [6, 6.07) is 0. The zero-order valence-electron chi connectivity index (χ0n) is 78.9. The number of hydrogen-bond acceptors (Lipinski definition) is 44. The summed E-state index contributed by atoms with van der Waals surface area (Å²) >= 11 is 22.5. The first-order valence-electron chi connectivity index (χ1n) is 39.0. The number of aliphatic hydroxyl groups excluding tert-OH is 1. The molecule has 0 bridgehead atoms. The van der Waals surface area contributed by atoms with Crippen LogP contribution in [-0.4, -0.2) is 224 Å². The molecule has 51 heteroatoms. The van der Waals surface area contributed by atoms with E-state index in [1.807, 2.05) is 74.1 Å². The molecule has 0 unspecified atom stereocenters. The zero-order valence-corrected chi connectivity index (χ0v) is 85.1. The van der Waals surface area contributed by atoms with E-state index >= 15 is 0 Å². The molecule has 0 saturated carbocycles. The number of Topliss-reactive ketones (excluding diaryl/α,β-unsaturated/α-hetero) is 1. The molecule has 0 aromatic carbocycles. The van der Waals surface area contributed by atoms with Gasteiger partial charge in [-0.15, -0.1) is 0 Å². The number of methoxy groups -OCH3 is 8. The second-order valence-electron chi connectivity index (χ2n) is 26.7. The number of aldehydes is 1. The van der Waals surface area contributed by atoms with E-state index in [1.165, 1.54) is 28.3 Å². The Morgan fingerprint density at radius 2 is 0.876 bits per heavy atom. The number of ketones is 1. The first-order valence-corrected chi connectivity index (χ1v) is 41.5. The van der Waals surface area contributed by atoms with Crippen LogP contribution in [-0.2, 0) is 149 Å². The summed E-state index contributed by atoms with van der Waals surface area (Å²) in [5.41, 5.74) is 35.5. The molecule has 10 N–H and O–H groups in total. The van der Waals surface area contributed by atoms with Crippen molar-refractivity contribution in [2.24, 2.45) is 5.73 Å². The van der Waals surface area contributed by atoms with Gasteiger partial charge in [-0.2, -0.15) is 9.97 Å². The third-order valence-corrected chi connectivity index (χ3v) is 18.5. The van der Waals surface area contributed by atoms with E-state index in [4.69, 9.17) is 120 Å². The summed E-state index contributed by atoms with van der Waals surface area (Å²) in [5.74, 6) is 0.816. The van der Waals surface area contributed by atoms with Gasteiger partial charge in [0.2, 0.25) is 23.8 Å². The normalized spacial score (nSPS) is 10.0. The molecule has 0 fully saturated rings. The molecule has 44 nitrogen and oxygen atoms in total. The van der Waals surface area contributed by atoms with Crippen LogP contribution in [0.25, 0.3) is 0 Å². The number of pyridine rings is 5. The van der Waals surface area contributed by atoms with Gasteiger partial charge in [-0.05, 0) is 83.1 Å². The van der Waals surface area contributed by atoms with Crippen molar-refractivity contribution in [3.8, 4) is 28.7 Å². The van der Waals surface area contributed by atoms with Gasteiger partial charge in [-0.25, -0.2) is 39.3 Å². The average molecular weight is 2060 g/mol. The van der Waals surface area contributed by atoms with Gasteiger partial charge in [0.25, 0.3) is 0 Å². The summed E-state index contributed by atoms with van der Waals surface area (Å²) in [7, 11) is 16.3. The predicted octanol–water partition coefficient (Wildman–Crippen LogP) is 6.49. The Morgan fingerprint density at radius 1 is 0.518 bits per heavy atom. The number of esters is 5. The van der Waals surface area contributed by atoms with Crippen LogP contribution < -0.4 is 91.3 Å². The summed E-state index contributed by atoms with van der Waals surface area (Å²) in [6.45, 7) is 27.7. The van der Waals surface area contributed by atoms with Crippen LogP contribution in [0.4, 0.5) is 29.5 Å². The Kier molecular flexibility index (Phi) is 70.1. The Hall–Kier alpha value is -11.7. The van der Waals surface area contributed by atoms with Gasteiger partial charge in [0.05, 0.1) is 145 Å². The fourth-order valence-electron chi connectivity index (χ4n) is 11.2. The number of nitrogens with zero attached hydrogens (tertiary/aromatic N) is 13. The number of aryl methyl sites for hydroxylation is 5. The molecule has 0 atom stereocenters. The quantitative estimate of drug-likeness (QED) is 0.00676. The fourth-order valence-corrected chi connectivity index (χ4v) is 12.2. The van der Waals surface area contributed by atoms with Crippen molar-refractivity contribution in [3.05, 3.63) is 152 Å². The number of halogens is 4. The molecule has 8 aromatic heterocycles.